The number of phenolic OH excluding ortho intramolecular Hbond substituents is 1. The Morgan fingerprint density at radius 2 is 1.82 bits per heavy atom. The summed E-state index contributed by atoms with van der Waals surface area (Å²) in [6, 6.07) is 13.1. The van der Waals surface area contributed by atoms with Crippen molar-refractivity contribution < 1.29 is 29.7 Å². The third-order valence-electron chi connectivity index (χ3n) is 5.05. The molecule has 3 rings (SSSR count). The van der Waals surface area contributed by atoms with Crippen LogP contribution in [0.5, 0.6) is 5.75 Å². The number of rotatable bonds is 10. The molecule has 0 radical (unpaired) electrons. The largest absolute Gasteiger partial charge is 0.508 e. The van der Waals surface area contributed by atoms with E-state index < -0.39 is 29.9 Å². The van der Waals surface area contributed by atoms with Crippen molar-refractivity contribution in [3.8, 4) is 5.75 Å². The summed E-state index contributed by atoms with van der Waals surface area (Å²) in [5.74, 6) is -2.31. The van der Waals surface area contributed by atoms with Gasteiger partial charge in [0.25, 0.3) is 11.8 Å². The number of halogens is 1. The molecule has 10 heteroatoms. The lowest BCUT2D eigenvalue weighted by Crippen LogP contribution is -2.48. The van der Waals surface area contributed by atoms with E-state index in [2.05, 4.69) is 10.6 Å². The molecular formula is C24H23ClN2O6S. The molecule has 5 N–H and O–H groups in total. The van der Waals surface area contributed by atoms with Gasteiger partial charge in [-0.05, 0) is 59.7 Å². The van der Waals surface area contributed by atoms with Crippen molar-refractivity contribution in [2.45, 2.75) is 25.0 Å². The Labute approximate surface area is 204 Å². The summed E-state index contributed by atoms with van der Waals surface area (Å²) in [6.07, 6.45) is 0.0414. The average Bonchev–Trinajstić information content (AvgIpc) is 3.34. The second kappa shape index (κ2) is 11.6. The van der Waals surface area contributed by atoms with Crippen molar-refractivity contribution in [2.75, 3.05) is 6.54 Å². The van der Waals surface area contributed by atoms with Gasteiger partial charge in [-0.2, -0.15) is 0 Å². The number of phenols is 1. The molecule has 0 spiro atoms. The number of aryl methyl sites for hydroxylation is 1. The molecule has 0 aliphatic carbocycles. The van der Waals surface area contributed by atoms with E-state index in [0.29, 0.717) is 23.3 Å². The summed E-state index contributed by atoms with van der Waals surface area (Å²) in [6.45, 7) is -0.304. The van der Waals surface area contributed by atoms with E-state index in [1.165, 1.54) is 23.5 Å². The fraction of sp³-hybridized carbons (Fsp3) is 0.208. The van der Waals surface area contributed by atoms with Crippen molar-refractivity contribution in [1.82, 2.24) is 10.6 Å². The van der Waals surface area contributed by atoms with Crippen LogP contribution in [0, 0.1) is 0 Å². The number of aliphatic hydroxyl groups excluding tert-OH is 1. The summed E-state index contributed by atoms with van der Waals surface area (Å²) >= 11 is 7.46. The third-order valence-corrected chi connectivity index (χ3v) is 6.24. The van der Waals surface area contributed by atoms with Gasteiger partial charge in [-0.15, -0.1) is 11.3 Å². The fourth-order valence-electron chi connectivity index (χ4n) is 3.23. The van der Waals surface area contributed by atoms with Crippen LogP contribution >= 0.6 is 22.9 Å². The number of carbonyl (C=O) groups excluding carboxylic acids is 2. The van der Waals surface area contributed by atoms with E-state index >= 15 is 0 Å². The van der Waals surface area contributed by atoms with Gasteiger partial charge in [0.15, 0.2) is 0 Å². The molecule has 34 heavy (non-hydrogen) atoms. The number of thiophene rings is 1. The van der Waals surface area contributed by atoms with Crippen molar-refractivity contribution in [2.24, 2.45) is 0 Å². The minimum atomic E-state index is -1.36. The first-order valence-electron chi connectivity index (χ1n) is 10.4. The number of aliphatic carboxylic acids is 1. The predicted octanol–water partition coefficient (Wildman–Crippen LogP) is 3.39. The molecule has 178 valence electrons. The monoisotopic (exact) mass is 502 g/mol. The van der Waals surface area contributed by atoms with Crippen LogP contribution < -0.4 is 10.6 Å². The molecule has 3 aromatic rings. The average molecular weight is 503 g/mol. The number of aromatic hydroxyl groups is 1. The van der Waals surface area contributed by atoms with Crippen molar-refractivity contribution in [1.29, 1.82) is 0 Å². The van der Waals surface area contributed by atoms with Crippen LogP contribution in [0.2, 0.25) is 5.02 Å². The number of aliphatic hydroxyl groups is 1. The van der Waals surface area contributed by atoms with Crippen LogP contribution in [0.3, 0.4) is 0 Å². The van der Waals surface area contributed by atoms with Crippen LogP contribution in [0.15, 0.2) is 60.0 Å². The summed E-state index contributed by atoms with van der Waals surface area (Å²) in [4.78, 5) is 36.6. The van der Waals surface area contributed by atoms with Crippen molar-refractivity contribution in [3.05, 3.63) is 86.6 Å². The SMILES string of the molecule is O=C(NC[C@H](NC(=O)c1ccc(C(O)CCc2cccc(O)c2)cc1Cl)C(=O)O)c1cccs1. The predicted molar refractivity (Wildman–Crippen MR) is 128 cm³/mol. The Bertz CT molecular complexity index is 1170. The van der Waals surface area contributed by atoms with Gasteiger partial charge < -0.3 is 26.0 Å². The summed E-state index contributed by atoms with van der Waals surface area (Å²) in [5.41, 5.74) is 1.41. The van der Waals surface area contributed by atoms with Gasteiger partial charge in [0.2, 0.25) is 0 Å². The number of carboxylic acid groups (broad SMARTS) is 1. The maximum atomic E-state index is 12.6. The molecule has 2 aromatic carbocycles. The number of hydrogen-bond acceptors (Lipinski definition) is 6. The number of hydrogen-bond donors (Lipinski definition) is 5. The summed E-state index contributed by atoms with van der Waals surface area (Å²) in [7, 11) is 0. The number of nitrogens with one attached hydrogen (secondary N) is 2. The molecule has 2 amide bonds. The van der Waals surface area contributed by atoms with Gasteiger partial charge in [0.1, 0.15) is 11.8 Å². The highest BCUT2D eigenvalue weighted by Crippen LogP contribution is 2.25. The molecule has 0 bridgehead atoms. The highest BCUT2D eigenvalue weighted by Gasteiger charge is 2.23. The zero-order valence-corrected chi connectivity index (χ0v) is 19.5. The topological polar surface area (TPSA) is 136 Å². The lowest BCUT2D eigenvalue weighted by Gasteiger charge is -2.17. The normalized spacial score (nSPS) is 12.5. The molecule has 0 saturated carbocycles. The lowest BCUT2D eigenvalue weighted by molar-refractivity contribution is -0.139. The van der Waals surface area contributed by atoms with Gasteiger partial charge in [0, 0.05) is 6.54 Å². The summed E-state index contributed by atoms with van der Waals surface area (Å²) in [5, 5.41) is 36.1. The molecule has 8 nitrogen and oxygen atoms in total. The number of carboxylic acids is 1. The highest BCUT2D eigenvalue weighted by molar-refractivity contribution is 7.12. The van der Waals surface area contributed by atoms with Gasteiger partial charge >= 0.3 is 5.97 Å². The van der Waals surface area contributed by atoms with Crippen LogP contribution in [-0.2, 0) is 11.2 Å². The minimum Gasteiger partial charge on any atom is -0.508 e. The molecule has 0 aliphatic rings. The van der Waals surface area contributed by atoms with Gasteiger partial charge in [0.05, 0.1) is 21.6 Å². The van der Waals surface area contributed by atoms with Crippen molar-refractivity contribution in [3.63, 3.8) is 0 Å². The smallest absolute Gasteiger partial charge is 0.328 e. The Hall–Kier alpha value is -3.40. The summed E-state index contributed by atoms with van der Waals surface area (Å²) < 4.78 is 0. The standard InChI is InChI=1S/C24H23ClN2O6S/c25-18-12-15(20(29)9-6-14-3-1-4-16(28)11-14)7-8-17(18)22(30)27-19(24(32)33)13-26-23(31)21-5-2-10-34-21/h1-5,7-8,10-12,19-20,28-29H,6,9,13H2,(H,26,31)(H,27,30)(H,32,33)/t19-,20?/m0/s1. The van der Waals surface area contributed by atoms with E-state index in [9.17, 15) is 29.7 Å². The lowest BCUT2D eigenvalue weighted by atomic mass is 10.00. The quantitative estimate of drug-likeness (QED) is 0.288. The first-order valence-corrected chi connectivity index (χ1v) is 11.6. The number of carbonyl (C=O) groups is 3. The van der Waals surface area contributed by atoms with E-state index in [-0.39, 0.29) is 22.9 Å². The van der Waals surface area contributed by atoms with Gasteiger partial charge in [-0.3, -0.25) is 9.59 Å². The second-order valence-corrected chi connectivity index (χ2v) is 8.87. The van der Waals surface area contributed by atoms with Crippen molar-refractivity contribution >= 4 is 40.7 Å². The Morgan fingerprint density at radius 1 is 1.03 bits per heavy atom. The molecule has 0 saturated heterocycles. The van der Waals surface area contributed by atoms with E-state index in [0.717, 1.165) is 5.56 Å². The Kier molecular flexibility index (Phi) is 8.64. The second-order valence-electron chi connectivity index (χ2n) is 7.52. The van der Waals surface area contributed by atoms with E-state index in [1.54, 1.807) is 41.8 Å². The zero-order valence-electron chi connectivity index (χ0n) is 17.9. The number of benzene rings is 2. The van der Waals surface area contributed by atoms with E-state index in [1.807, 2.05) is 6.07 Å². The molecule has 1 heterocycles. The maximum absolute atomic E-state index is 12.6. The van der Waals surface area contributed by atoms with Crippen LogP contribution in [0.1, 0.15) is 43.7 Å². The zero-order chi connectivity index (χ0) is 24.7. The maximum Gasteiger partial charge on any atom is 0.328 e. The molecule has 1 aromatic heterocycles. The third kappa shape index (κ3) is 6.80. The van der Waals surface area contributed by atoms with Crippen LogP contribution in [0.4, 0.5) is 0 Å². The molecule has 0 aliphatic heterocycles. The van der Waals surface area contributed by atoms with E-state index in [4.69, 9.17) is 11.6 Å². The van der Waals surface area contributed by atoms with Crippen LogP contribution in [-0.4, -0.2) is 45.7 Å². The molecule has 1 unspecified atom stereocenters. The number of amides is 2. The van der Waals surface area contributed by atoms with Crippen LogP contribution in [0.25, 0.3) is 0 Å². The molecule has 2 atom stereocenters. The first kappa shape index (κ1) is 25.2. The Balaban J connectivity index is 1.60. The molecule has 0 fully saturated rings. The highest BCUT2D eigenvalue weighted by atomic mass is 35.5. The minimum absolute atomic E-state index is 0.0430. The van der Waals surface area contributed by atoms with Gasteiger partial charge in [-0.25, -0.2) is 4.79 Å². The fourth-order valence-corrected chi connectivity index (χ4v) is 4.15. The molecular weight excluding hydrogens is 480 g/mol. The Morgan fingerprint density at radius 3 is 2.47 bits per heavy atom. The van der Waals surface area contributed by atoms with Gasteiger partial charge in [-0.1, -0.05) is 35.9 Å². The first-order chi connectivity index (χ1) is 16.2.